The van der Waals surface area contributed by atoms with Gasteiger partial charge in [-0.05, 0) is 28.7 Å². The van der Waals surface area contributed by atoms with Gasteiger partial charge in [0.05, 0.1) is 16.1 Å². The normalized spacial score (nSPS) is 12.3. The van der Waals surface area contributed by atoms with E-state index in [1.807, 2.05) is 0 Å². The highest BCUT2D eigenvalue weighted by molar-refractivity contribution is 6.89. The smallest absolute Gasteiger partial charge is 0.0656 e. The van der Waals surface area contributed by atoms with Crippen LogP contribution in [0.2, 0.25) is 39.3 Å². The van der Waals surface area contributed by atoms with E-state index < -0.39 is 16.1 Å². The van der Waals surface area contributed by atoms with Crippen LogP contribution in [-0.4, -0.2) is 16.1 Å². The van der Waals surface area contributed by atoms with Crippen LogP contribution < -0.4 is 10.4 Å². The Hall–Kier alpha value is -2.69. The van der Waals surface area contributed by atoms with E-state index in [4.69, 9.17) is 0 Å². The van der Waals surface area contributed by atoms with Crippen molar-refractivity contribution in [2.24, 2.45) is 0 Å². The maximum Gasteiger partial charge on any atom is 0.0775 e. The molecule has 2 heteroatoms. The third-order valence-corrected chi connectivity index (χ3v) is 11.4. The van der Waals surface area contributed by atoms with E-state index in [9.17, 15) is 0 Å². The Morgan fingerprint density at radius 3 is 0.971 bits per heavy atom. The molecule has 0 amide bonds. The first-order valence-corrected chi connectivity index (χ1v) is 19.9. The number of rotatable bonds is 8. The van der Waals surface area contributed by atoms with Gasteiger partial charge in [0.1, 0.15) is 0 Å². The zero-order valence-corrected chi connectivity index (χ0v) is 24.3. The summed E-state index contributed by atoms with van der Waals surface area (Å²) in [6.45, 7) is 14.6. The Kier molecular flexibility index (Phi) is 7.63. The van der Waals surface area contributed by atoms with Crippen LogP contribution in [-0.2, 0) is 0 Å². The molecule has 0 aliphatic rings. The van der Waals surface area contributed by atoms with E-state index in [0.717, 1.165) is 6.42 Å². The van der Waals surface area contributed by atoms with Gasteiger partial charge in [0.25, 0.3) is 0 Å². The molecular formula is C33H40Si2. The third-order valence-electron chi connectivity index (χ3n) is 7.23. The Morgan fingerprint density at radius 2 is 0.686 bits per heavy atom. The SMILES string of the molecule is C[Si](C)(C)c1ccc(C(CC(c2ccccc2)c2ccccc2)c2ccc([Si](C)(C)C)cc2)cc1. The molecule has 0 spiro atoms. The molecule has 0 aliphatic heterocycles. The highest BCUT2D eigenvalue weighted by Crippen LogP contribution is 2.38. The van der Waals surface area contributed by atoms with Gasteiger partial charge in [0.2, 0.25) is 0 Å². The quantitative estimate of drug-likeness (QED) is 0.218. The predicted octanol–water partition coefficient (Wildman–Crippen LogP) is 8.13. The molecule has 4 aromatic carbocycles. The third kappa shape index (κ3) is 6.31. The van der Waals surface area contributed by atoms with Crippen molar-refractivity contribution in [3.05, 3.63) is 131 Å². The summed E-state index contributed by atoms with van der Waals surface area (Å²) < 4.78 is 0. The van der Waals surface area contributed by atoms with Gasteiger partial charge in [-0.2, -0.15) is 0 Å². The van der Waals surface area contributed by atoms with Crippen molar-refractivity contribution in [3.8, 4) is 0 Å². The average molecular weight is 493 g/mol. The predicted molar refractivity (Wildman–Crippen MR) is 160 cm³/mol. The highest BCUT2D eigenvalue weighted by atomic mass is 28.3. The minimum atomic E-state index is -1.33. The summed E-state index contributed by atoms with van der Waals surface area (Å²) >= 11 is 0. The van der Waals surface area contributed by atoms with Crippen molar-refractivity contribution in [2.45, 2.75) is 57.5 Å². The molecule has 0 saturated carbocycles. The topological polar surface area (TPSA) is 0 Å². The lowest BCUT2D eigenvalue weighted by Crippen LogP contribution is -2.37. The minimum absolute atomic E-state index is 0.340. The maximum atomic E-state index is 2.43. The molecule has 35 heavy (non-hydrogen) atoms. The molecule has 0 fully saturated rings. The molecule has 0 aromatic heterocycles. The van der Waals surface area contributed by atoms with Gasteiger partial charge in [-0.15, -0.1) is 0 Å². The monoisotopic (exact) mass is 492 g/mol. The first-order valence-electron chi connectivity index (χ1n) is 12.9. The van der Waals surface area contributed by atoms with E-state index >= 15 is 0 Å². The molecule has 4 rings (SSSR count). The molecule has 0 heterocycles. The van der Waals surface area contributed by atoms with Crippen molar-refractivity contribution in [1.29, 1.82) is 0 Å². The van der Waals surface area contributed by atoms with E-state index in [2.05, 4.69) is 148 Å². The van der Waals surface area contributed by atoms with Gasteiger partial charge in [0, 0.05) is 11.8 Å². The molecule has 0 aliphatic carbocycles. The minimum Gasteiger partial charge on any atom is -0.0656 e. The first-order chi connectivity index (χ1) is 16.6. The second-order valence-electron chi connectivity index (χ2n) is 11.9. The lowest BCUT2D eigenvalue weighted by Gasteiger charge is -2.27. The summed E-state index contributed by atoms with van der Waals surface area (Å²) in [6.07, 6.45) is 1.05. The van der Waals surface area contributed by atoms with Crippen LogP contribution >= 0.6 is 0 Å². The molecule has 180 valence electrons. The summed E-state index contributed by atoms with van der Waals surface area (Å²) in [6, 6.07) is 41.3. The van der Waals surface area contributed by atoms with Crippen molar-refractivity contribution in [3.63, 3.8) is 0 Å². The first kappa shape index (κ1) is 25.4. The van der Waals surface area contributed by atoms with Crippen LogP contribution in [0, 0.1) is 0 Å². The van der Waals surface area contributed by atoms with Crippen LogP contribution in [0.4, 0.5) is 0 Å². The lowest BCUT2D eigenvalue weighted by atomic mass is 9.78. The zero-order chi connectivity index (χ0) is 25.1. The van der Waals surface area contributed by atoms with E-state index in [1.54, 1.807) is 0 Å². The average Bonchev–Trinajstić information content (AvgIpc) is 2.85. The maximum absolute atomic E-state index is 2.43. The van der Waals surface area contributed by atoms with Gasteiger partial charge >= 0.3 is 0 Å². The highest BCUT2D eigenvalue weighted by Gasteiger charge is 2.25. The standard InChI is InChI=1S/C33H40Si2/c1-34(2,3)30-21-17-28(18-22-30)33(29-19-23-31(24-20-29)35(4,5)6)25-32(26-13-9-7-10-14-26)27-15-11-8-12-16-27/h7-24,32-33H,25H2,1-6H3. The van der Waals surface area contributed by atoms with Gasteiger partial charge in [0.15, 0.2) is 0 Å². The molecule has 0 bridgehead atoms. The van der Waals surface area contributed by atoms with Gasteiger partial charge in [-0.3, -0.25) is 0 Å². The van der Waals surface area contributed by atoms with Crippen LogP contribution in [0.5, 0.6) is 0 Å². The summed E-state index contributed by atoms with van der Waals surface area (Å²) in [5, 5.41) is 3.05. The molecule has 0 atom stereocenters. The van der Waals surface area contributed by atoms with Crippen LogP contribution in [0.1, 0.15) is 40.5 Å². The number of hydrogen-bond donors (Lipinski definition) is 0. The summed E-state index contributed by atoms with van der Waals surface area (Å²) in [4.78, 5) is 0. The van der Waals surface area contributed by atoms with E-state index in [0.29, 0.717) is 11.8 Å². The summed E-state index contributed by atoms with van der Waals surface area (Å²) in [7, 11) is -2.66. The summed E-state index contributed by atoms with van der Waals surface area (Å²) in [5.41, 5.74) is 5.62. The number of hydrogen-bond acceptors (Lipinski definition) is 0. The Bertz CT molecular complexity index is 1100. The second-order valence-corrected chi connectivity index (χ2v) is 22.1. The van der Waals surface area contributed by atoms with Crippen molar-refractivity contribution in [2.75, 3.05) is 0 Å². The lowest BCUT2D eigenvalue weighted by molar-refractivity contribution is 0.644. The number of benzene rings is 4. The summed E-state index contributed by atoms with van der Waals surface area (Å²) in [5.74, 6) is 0.683. The van der Waals surface area contributed by atoms with Gasteiger partial charge in [-0.25, -0.2) is 0 Å². The molecular weight excluding hydrogens is 453 g/mol. The fourth-order valence-corrected chi connectivity index (χ4v) is 7.30. The molecule has 0 unspecified atom stereocenters. The Morgan fingerprint density at radius 1 is 0.400 bits per heavy atom. The molecule has 4 aromatic rings. The van der Waals surface area contributed by atoms with Crippen molar-refractivity contribution >= 4 is 26.5 Å². The van der Waals surface area contributed by atoms with Crippen LogP contribution in [0.25, 0.3) is 0 Å². The fraction of sp³-hybridized carbons (Fsp3) is 0.273. The second kappa shape index (κ2) is 10.5. The Labute approximate surface area is 215 Å². The zero-order valence-electron chi connectivity index (χ0n) is 22.3. The Balaban J connectivity index is 1.78. The van der Waals surface area contributed by atoms with Crippen molar-refractivity contribution < 1.29 is 0 Å². The van der Waals surface area contributed by atoms with E-state index in [1.165, 1.54) is 32.6 Å². The van der Waals surface area contributed by atoms with Gasteiger partial charge in [-0.1, -0.05) is 159 Å². The van der Waals surface area contributed by atoms with Crippen molar-refractivity contribution in [1.82, 2.24) is 0 Å². The fourth-order valence-electron chi connectivity index (χ4n) is 4.97. The molecule has 0 radical (unpaired) electrons. The molecule has 0 N–H and O–H groups in total. The molecule has 0 saturated heterocycles. The van der Waals surface area contributed by atoms with Crippen LogP contribution in [0.15, 0.2) is 109 Å². The largest absolute Gasteiger partial charge is 0.0775 e. The van der Waals surface area contributed by atoms with E-state index in [-0.39, 0.29) is 0 Å². The molecule has 0 nitrogen and oxygen atoms in total. The van der Waals surface area contributed by atoms with Gasteiger partial charge < -0.3 is 0 Å². The van der Waals surface area contributed by atoms with Crippen LogP contribution in [0.3, 0.4) is 0 Å².